The van der Waals surface area contributed by atoms with E-state index in [1.807, 2.05) is 18.2 Å². The van der Waals surface area contributed by atoms with Gasteiger partial charge in [0.05, 0.1) is 17.9 Å². The third kappa shape index (κ3) is 2.96. The maximum Gasteiger partial charge on any atom is 0.340 e. The molecule has 0 saturated carbocycles. The first kappa shape index (κ1) is 15.2. The van der Waals surface area contributed by atoms with E-state index in [4.69, 9.17) is 22.1 Å². The van der Waals surface area contributed by atoms with Gasteiger partial charge in [-0.05, 0) is 31.2 Å². The molecule has 3 aromatic rings. The van der Waals surface area contributed by atoms with Gasteiger partial charge < -0.3 is 10.5 Å². The number of hydrogen-bond donors (Lipinski definition) is 1. The highest BCUT2D eigenvalue weighted by Gasteiger charge is 2.15. The lowest BCUT2D eigenvalue weighted by Crippen LogP contribution is -2.08. The van der Waals surface area contributed by atoms with Gasteiger partial charge in [0.25, 0.3) is 0 Å². The lowest BCUT2D eigenvalue weighted by molar-refractivity contribution is 0.0528. The number of benzene rings is 1. The fourth-order valence-electron chi connectivity index (χ4n) is 2.29. The number of halogens is 1. The third-order valence-corrected chi connectivity index (χ3v) is 3.65. The number of carbonyl (C=O) groups is 1. The molecule has 2 aromatic heterocycles. The van der Waals surface area contributed by atoms with Crippen LogP contribution in [0.1, 0.15) is 17.3 Å². The number of nitrogens with two attached hydrogens (primary N) is 1. The van der Waals surface area contributed by atoms with Gasteiger partial charge in [-0.1, -0.05) is 23.7 Å². The Bertz CT molecular complexity index is 879. The van der Waals surface area contributed by atoms with Crippen molar-refractivity contribution in [3.63, 3.8) is 0 Å². The predicted molar refractivity (Wildman–Crippen MR) is 90.4 cm³/mol. The van der Waals surface area contributed by atoms with E-state index in [-0.39, 0.29) is 5.82 Å². The van der Waals surface area contributed by atoms with Gasteiger partial charge in [-0.2, -0.15) is 0 Å². The zero-order valence-electron chi connectivity index (χ0n) is 12.4. The van der Waals surface area contributed by atoms with Crippen molar-refractivity contribution in [3.8, 4) is 11.3 Å². The van der Waals surface area contributed by atoms with E-state index in [2.05, 4.69) is 9.97 Å². The van der Waals surface area contributed by atoms with E-state index in [1.165, 1.54) is 6.20 Å². The molecule has 0 fully saturated rings. The summed E-state index contributed by atoms with van der Waals surface area (Å²) in [6.07, 6.45) is 1.42. The average molecular weight is 328 g/mol. The Balaban J connectivity index is 2.14. The van der Waals surface area contributed by atoms with Crippen LogP contribution < -0.4 is 5.73 Å². The first-order valence-electron chi connectivity index (χ1n) is 7.08. The molecule has 2 N–H and O–H groups in total. The Morgan fingerprint density at radius 1 is 1.22 bits per heavy atom. The summed E-state index contributed by atoms with van der Waals surface area (Å²) in [6.45, 7) is 2.04. The van der Waals surface area contributed by atoms with E-state index < -0.39 is 5.97 Å². The molecule has 0 bridgehead atoms. The minimum atomic E-state index is -0.439. The van der Waals surface area contributed by atoms with E-state index in [1.54, 1.807) is 25.1 Å². The number of rotatable bonds is 3. The molecule has 0 saturated heterocycles. The first-order chi connectivity index (χ1) is 11.1. The van der Waals surface area contributed by atoms with Crippen LogP contribution in [-0.2, 0) is 4.74 Å². The lowest BCUT2D eigenvalue weighted by atomic mass is 10.1. The number of nitrogens with zero attached hydrogens (tertiary/aromatic N) is 2. The van der Waals surface area contributed by atoms with Gasteiger partial charge in [0, 0.05) is 22.2 Å². The molecule has 116 valence electrons. The lowest BCUT2D eigenvalue weighted by Gasteiger charge is -2.09. The number of anilines is 1. The van der Waals surface area contributed by atoms with Gasteiger partial charge in [0.15, 0.2) is 0 Å². The standard InChI is InChI=1S/C17H14ClN3O2/c1-2-23-17(22)13-9-20-16(19)15-12(13)7-8-14(21-15)10-3-5-11(18)6-4-10/h3-9H,2H2,1H3,(H2,19,20). The number of aromatic nitrogens is 2. The fraction of sp³-hybridized carbons (Fsp3) is 0.118. The molecule has 0 unspecified atom stereocenters. The van der Waals surface area contributed by atoms with Crippen LogP contribution in [0.5, 0.6) is 0 Å². The Labute approximate surface area is 138 Å². The Kier molecular flexibility index (Phi) is 4.12. The minimum Gasteiger partial charge on any atom is -0.462 e. The number of pyridine rings is 2. The molecule has 1 aromatic carbocycles. The third-order valence-electron chi connectivity index (χ3n) is 3.40. The van der Waals surface area contributed by atoms with Gasteiger partial charge in [0.1, 0.15) is 11.3 Å². The van der Waals surface area contributed by atoms with Gasteiger partial charge >= 0.3 is 5.97 Å². The Morgan fingerprint density at radius 2 is 1.96 bits per heavy atom. The van der Waals surface area contributed by atoms with E-state index >= 15 is 0 Å². The fourth-order valence-corrected chi connectivity index (χ4v) is 2.42. The number of hydrogen-bond acceptors (Lipinski definition) is 5. The summed E-state index contributed by atoms with van der Waals surface area (Å²) in [5.41, 5.74) is 8.38. The average Bonchev–Trinajstić information content (AvgIpc) is 2.56. The number of fused-ring (bicyclic) bond motifs is 1. The van der Waals surface area contributed by atoms with Crippen LogP contribution in [0.25, 0.3) is 22.2 Å². The molecule has 5 nitrogen and oxygen atoms in total. The predicted octanol–water partition coefficient (Wildman–Crippen LogP) is 3.71. The van der Waals surface area contributed by atoms with Crippen LogP contribution in [-0.4, -0.2) is 22.5 Å². The van der Waals surface area contributed by atoms with E-state index in [9.17, 15) is 4.79 Å². The second-order valence-electron chi connectivity index (χ2n) is 4.88. The molecule has 0 aliphatic carbocycles. The zero-order valence-corrected chi connectivity index (χ0v) is 13.2. The topological polar surface area (TPSA) is 78.1 Å². The van der Waals surface area contributed by atoms with Crippen LogP contribution in [0, 0.1) is 0 Å². The molecule has 2 heterocycles. The second-order valence-corrected chi connectivity index (χ2v) is 5.31. The maximum atomic E-state index is 12.0. The van der Waals surface area contributed by atoms with Crippen LogP contribution in [0.4, 0.5) is 5.82 Å². The highest BCUT2D eigenvalue weighted by Crippen LogP contribution is 2.26. The van der Waals surface area contributed by atoms with Crippen molar-refractivity contribution in [1.82, 2.24) is 9.97 Å². The zero-order chi connectivity index (χ0) is 16.4. The van der Waals surface area contributed by atoms with Crippen molar-refractivity contribution in [2.24, 2.45) is 0 Å². The van der Waals surface area contributed by atoms with Crippen LogP contribution in [0.3, 0.4) is 0 Å². The van der Waals surface area contributed by atoms with Gasteiger partial charge in [-0.25, -0.2) is 14.8 Å². The monoisotopic (exact) mass is 327 g/mol. The van der Waals surface area contributed by atoms with Crippen molar-refractivity contribution in [1.29, 1.82) is 0 Å². The summed E-state index contributed by atoms with van der Waals surface area (Å²) in [5.74, 6) is -0.171. The molecule has 0 spiro atoms. The van der Waals surface area contributed by atoms with Crippen molar-refractivity contribution in [2.45, 2.75) is 6.92 Å². The van der Waals surface area contributed by atoms with Crippen LogP contribution in [0.2, 0.25) is 5.02 Å². The summed E-state index contributed by atoms with van der Waals surface area (Å²) in [4.78, 5) is 20.6. The molecular formula is C17H14ClN3O2. The van der Waals surface area contributed by atoms with Crippen LogP contribution >= 0.6 is 11.6 Å². The van der Waals surface area contributed by atoms with Crippen molar-refractivity contribution >= 4 is 34.3 Å². The molecule has 0 radical (unpaired) electrons. The molecule has 0 amide bonds. The van der Waals surface area contributed by atoms with E-state index in [0.29, 0.717) is 28.1 Å². The quantitative estimate of drug-likeness (QED) is 0.742. The summed E-state index contributed by atoms with van der Waals surface area (Å²) in [5, 5.41) is 1.27. The minimum absolute atomic E-state index is 0.267. The van der Waals surface area contributed by atoms with Crippen molar-refractivity contribution in [2.75, 3.05) is 12.3 Å². The Hall–Kier alpha value is -2.66. The molecule has 0 atom stereocenters. The van der Waals surface area contributed by atoms with Gasteiger partial charge in [-0.15, -0.1) is 0 Å². The molecule has 0 aliphatic heterocycles. The maximum absolute atomic E-state index is 12.0. The molecule has 0 aliphatic rings. The molecule has 6 heteroatoms. The summed E-state index contributed by atoms with van der Waals surface area (Å²) >= 11 is 5.90. The summed E-state index contributed by atoms with van der Waals surface area (Å²) < 4.78 is 5.04. The Morgan fingerprint density at radius 3 is 2.65 bits per heavy atom. The number of esters is 1. The highest BCUT2D eigenvalue weighted by atomic mass is 35.5. The second kappa shape index (κ2) is 6.22. The van der Waals surface area contributed by atoms with Crippen molar-refractivity contribution < 1.29 is 9.53 Å². The first-order valence-corrected chi connectivity index (χ1v) is 7.46. The SMILES string of the molecule is CCOC(=O)c1cnc(N)c2nc(-c3ccc(Cl)cc3)ccc12. The molecule has 3 rings (SSSR count). The molecular weight excluding hydrogens is 314 g/mol. The smallest absolute Gasteiger partial charge is 0.340 e. The normalized spacial score (nSPS) is 10.7. The number of ether oxygens (including phenoxy) is 1. The summed E-state index contributed by atoms with van der Waals surface area (Å²) in [7, 11) is 0. The highest BCUT2D eigenvalue weighted by molar-refractivity contribution is 6.30. The van der Waals surface area contributed by atoms with Crippen molar-refractivity contribution in [3.05, 3.63) is 53.2 Å². The van der Waals surface area contributed by atoms with E-state index in [0.717, 1.165) is 11.3 Å². The number of nitrogen functional groups attached to an aromatic ring is 1. The molecule has 23 heavy (non-hydrogen) atoms. The number of carbonyl (C=O) groups excluding carboxylic acids is 1. The summed E-state index contributed by atoms with van der Waals surface area (Å²) in [6, 6.07) is 11.0. The largest absolute Gasteiger partial charge is 0.462 e. The van der Waals surface area contributed by atoms with Crippen LogP contribution in [0.15, 0.2) is 42.6 Å². The van der Waals surface area contributed by atoms with Gasteiger partial charge in [-0.3, -0.25) is 0 Å². The van der Waals surface area contributed by atoms with Gasteiger partial charge in [0.2, 0.25) is 0 Å².